The molecule has 1 saturated heterocycles. The maximum Gasteiger partial charge on any atom is 0.233 e. The van der Waals surface area contributed by atoms with Gasteiger partial charge in [-0.3, -0.25) is 4.72 Å². The summed E-state index contributed by atoms with van der Waals surface area (Å²) in [5.41, 5.74) is 0.334. The summed E-state index contributed by atoms with van der Waals surface area (Å²) < 4.78 is 56.2. The molecule has 0 bridgehead atoms. The van der Waals surface area contributed by atoms with Crippen molar-refractivity contribution in [1.29, 1.82) is 0 Å². The average Bonchev–Trinajstić information content (AvgIpc) is 2.70. The van der Waals surface area contributed by atoms with Crippen molar-refractivity contribution in [2.75, 3.05) is 36.4 Å². The first-order valence-corrected chi connectivity index (χ1v) is 14.0. The van der Waals surface area contributed by atoms with Crippen molar-refractivity contribution in [3.8, 4) is 5.75 Å². The Balaban J connectivity index is 1.45. The lowest BCUT2D eigenvalue weighted by molar-refractivity contribution is 0.104. The molecule has 1 N–H and O–H groups in total. The molecule has 1 heterocycles. The van der Waals surface area contributed by atoms with Crippen LogP contribution >= 0.6 is 23.2 Å². The topological polar surface area (TPSA) is 92.8 Å². The van der Waals surface area contributed by atoms with E-state index in [1.165, 1.54) is 24.3 Å². The number of sulfonamides is 1. The van der Waals surface area contributed by atoms with E-state index in [4.69, 9.17) is 27.9 Å². The number of ether oxygens (including phenoxy) is 1. The number of nitrogens with one attached hydrogen (secondary N) is 1. The molecule has 1 aliphatic heterocycles. The van der Waals surface area contributed by atoms with Gasteiger partial charge in [0, 0.05) is 37.6 Å². The molecular weight excluding hydrogens is 483 g/mol. The normalized spacial score (nSPS) is 16.2. The van der Waals surface area contributed by atoms with Gasteiger partial charge in [-0.05, 0) is 49.2 Å². The lowest BCUT2D eigenvalue weighted by Crippen LogP contribution is -2.41. The van der Waals surface area contributed by atoms with Gasteiger partial charge in [0.2, 0.25) is 10.0 Å². The SMILES string of the molecule is CS(=O)(=O)c1ccc(NS(=O)(=O)CCN2CCC(Oc3ccc(Cl)c(Cl)c3)CC2)cc1. The second kappa shape index (κ2) is 9.95. The van der Waals surface area contributed by atoms with Crippen LogP contribution in [0.4, 0.5) is 5.69 Å². The Bertz CT molecular complexity index is 1110. The van der Waals surface area contributed by atoms with E-state index in [1.807, 2.05) is 0 Å². The van der Waals surface area contributed by atoms with Gasteiger partial charge in [-0.2, -0.15) is 0 Å². The third-order valence-corrected chi connectivity index (χ3v) is 8.09. The monoisotopic (exact) mass is 506 g/mol. The van der Waals surface area contributed by atoms with E-state index in [0.717, 1.165) is 32.2 Å². The highest BCUT2D eigenvalue weighted by Crippen LogP contribution is 2.28. The van der Waals surface area contributed by atoms with Crippen LogP contribution in [0.25, 0.3) is 0 Å². The van der Waals surface area contributed by atoms with E-state index in [9.17, 15) is 16.8 Å². The fourth-order valence-corrected chi connectivity index (χ4v) is 5.26. The number of benzene rings is 2. The minimum Gasteiger partial charge on any atom is -0.490 e. The Labute approximate surface area is 193 Å². The zero-order valence-corrected chi connectivity index (χ0v) is 20.1. The number of anilines is 1. The number of likely N-dealkylation sites (tertiary alicyclic amines) is 1. The van der Waals surface area contributed by atoms with E-state index in [-0.39, 0.29) is 16.8 Å². The highest BCUT2D eigenvalue weighted by Gasteiger charge is 2.22. The fourth-order valence-electron chi connectivity index (χ4n) is 3.24. The second-order valence-corrected chi connectivity index (χ2v) is 12.1. The summed E-state index contributed by atoms with van der Waals surface area (Å²) >= 11 is 11.9. The van der Waals surface area contributed by atoms with Crippen LogP contribution < -0.4 is 9.46 Å². The lowest BCUT2D eigenvalue weighted by Gasteiger charge is -2.32. The molecule has 0 unspecified atom stereocenters. The van der Waals surface area contributed by atoms with Gasteiger partial charge in [0.15, 0.2) is 9.84 Å². The largest absolute Gasteiger partial charge is 0.490 e. The minimum absolute atomic E-state index is 0.0385. The Morgan fingerprint density at radius 2 is 1.65 bits per heavy atom. The molecular formula is C20H24Cl2N2O5S2. The van der Waals surface area contributed by atoms with Gasteiger partial charge in [0.1, 0.15) is 11.9 Å². The minimum atomic E-state index is -3.55. The molecule has 1 fully saturated rings. The standard InChI is InChI=1S/C20H24Cl2N2O5S2/c1-30(25,26)18-5-2-15(3-6-18)23-31(27,28)13-12-24-10-8-16(9-11-24)29-17-4-7-19(21)20(22)14-17/h2-7,14,16,23H,8-13H2,1H3. The summed E-state index contributed by atoms with van der Waals surface area (Å²) in [6.45, 7) is 1.85. The molecule has 11 heteroatoms. The van der Waals surface area contributed by atoms with Crippen molar-refractivity contribution >= 4 is 48.7 Å². The predicted octanol–water partition coefficient (Wildman–Crippen LogP) is 3.68. The Hall–Kier alpha value is -1.52. The van der Waals surface area contributed by atoms with Crippen molar-refractivity contribution in [3.63, 3.8) is 0 Å². The van der Waals surface area contributed by atoms with Crippen LogP contribution in [0.1, 0.15) is 12.8 Å². The van der Waals surface area contributed by atoms with Gasteiger partial charge in [0.05, 0.1) is 20.7 Å². The van der Waals surface area contributed by atoms with Gasteiger partial charge >= 0.3 is 0 Å². The molecule has 0 amide bonds. The molecule has 0 saturated carbocycles. The van der Waals surface area contributed by atoms with Crippen LogP contribution in [-0.2, 0) is 19.9 Å². The first-order chi connectivity index (χ1) is 14.5. The first kappa shape index (κ1) is 24.1. The number of halogens is 2. The zero-order chi connectivity index (χ0) is 22.6. The van der Waals surface area contributed by atoms with Crippen LogP contribution in [-0.4, -0.2) is 59.5 Å². The maximum absolute atomic E-state index is 12.4. The zero-order valence-electron chi connectivity index (χ0n) is 16.9. The molecule has 2 aromatic carbocycles. The molecule has 0 aromatic heterocycles. The molecule has 3 rings (SSSR count). The highest BCUT2D eigenvalue weighted by molar-refractivity contribution is 7.92. The van der Waals surface area contributed by atoms with Gasteiger partial charge in [-0.15, -0.1) is 0 Å². The van der Waals surface area contributed by atoms with Crippen molar-refractivity contribution in [2.45, 2.75) is 23.8 Å². The lowest BCUT2D eigenvalue weighted by atomic mass is 10.1. The van der Waals surface area contributed by atoms with Crippen molar-refractivity contribution in [1.82, 2.24) is 4.90 Å². The number of rotatable bonds is 8. The van der Waals surface area contributed by atoms with Crippen LogP contribution in [0, 0.1) is 0 Å². The second-order valence-electron chi connectivity index (χ2n) is 7.45. The fraction of sp³-hybridized carbons (Fsp3) is 0.400. The van der Waals surface area contributed by atoms with E-state index >= 15 is 0 Å². The number of hydrogen-bond acceptors (Lipinski definition) is 6. The molecule has 170 valence electrons. The summed E-state index contributed by atoms with van der Waals surface area (Å²) in [7, 11) is -6.88. The van der Waals surface area contributed by atoms with E-state index < -0.39 is 19.9 Å². The predicted molar refractivity (Wildman–Crippen MR) is 124 cm³/mol. The third kappa shape index (κ3) is 7.25. The number of nitrogens with zero attached hydrogens (tertiary/aromatic N) is 1. The van der Waals surface area contributed by atoms with Crippen molar-refractivity contribution in [3.05, 3.63) is 52.5 Å². The molecule has 0 radical (unpaired) electrons. The molecule has 1 aliphatic rings. The van der Waals surface area contributed by atoms with Gasteiger partial charge in [-0.25, -0.2) is 16.8 Å². The quantitative estimate of drug-likeness (QED) is 0.586. The summed E-state index contributed by atoms with van der Waals surface area (Å²) in [4.78, 5) is 2.22. The number of piperidine rings is 1. The van der Waals surface area contributed by atoms with Crippen LogP contribution in [0.5, 0.6) is 5.75 Å². The summed E-state index contributed by atoms with van der Waals surface area (Å²) in [5.74, 6) is 0.612. The third-order valence-electron chi connectivity index (χ3n) is 4.96. The first-order valence-electron chi connectivity index (χ1n) is 9.66. The summed E-state index contributed by atoms with van der Waals surface area (Å²) in [5, 5.41) is 0.922. The molecule has 2 aromatic rings. The number of hydrogen-bond donors (Lipinski definition) is 1. The van der Waals surface area contributed by atoms with Crippen LogP contribution in [0.3, 0.4) is 0 Å². The Kier molecular flexibility index (Phi) is 7.75. The Morgan fingerprint density at radius 1 is 1.00 bits per heavy atom. The highest BCUT2D eigenvalue weighted by atomic mass is 35.5. The van der Waals surface area contributed by atoms with Gasteiger partial charge in [0.25, 0.3) is 0 Å². The Morgan fingerprint density at radius 3 is 2.23 bits per heavy atom. The van der Waals surface area contributed by atoms with Crippen LogP contribution in [0.2, 0.25) is 10.0 Å². The average molecular weight is 507 g/mol. The van der Waals surface area contributed by atoms with E-state index in [0.29, 0.717) is 28.0 Å². The van der Waals surface area contributed by atoms with Crippen molar-refractivity contribution in [2.24, 2.45) is 0 Å². The summed E-state index contributed by atoms with van der Waals surface area (Å²) in [6, 6.07) is 10.8. The molecule has 31 heavy (non-hydrogen) atoms. The van der Waals surface area contributed by atoms with Gasteiger partial charge < -0.3 is 9.64 Å². The smallest absolute Gasteiger partial charge is 0.233 e. The maximum atomic E-state index is 12.4. The molecule has 0 spiro atoms. The molecule has 7 nitrogen and oxygen atoms in total. The summed E-state index contributed by atoms with van der Waals surface area (Å²) in [6.07, 6.45) is 2.70. The van der Waals surface area contributed by atoms with Crippen molar-refractivity contribution < 1.29 is 21.6 Å². The van der Waals surface area contributed by atoms with Crippen LogP contribution in [0.15, 0.2) is 47.4 Å². The molecule has 0 atom stereocenters. The molecule has 0 aliphatic carbocycles. The van der Waals surface area contributed by atoms with Gasteiger partial charge in [-0.1, -0.05) is 23.2 Å². The van der Waals surface area contributed by atoms with E-state index in [2.05, 4.69) is 9.62 Å². The van der Waals surface area contributed by atoms with E-state index in [1.54, 1.807) is 18.2 Å². The number of sulfone groups is 1.